The molecule has 0 aliphatic rings. The number of pyridine rings is 1. The molecule has 0 saturated carbocycles. The molecule has 1 atom stereocenters. The van der Waals surface area contributed by atoms with Crippen LogP contribution >= 0.6 is 23.2 Å². The highest BCUT2D eigenvalue weighted by atomic mass is 35.5. The first-order valence-corrected chi connectivity index (χ1v) is 13.2. The summed E-state index contributed by atoms with van der Waals surface area (Å²) in [6, 6.07) is 26.9. The number of hydrogen-bond acceptors (Lipinski definition) is 5. The number of aromatic nitrogens is 2. The maximum Gasteiger partial charge on any atom is 0.328 e. The molecule has 9 heteroatoms. The molecular weight excluding hydrogens is 549 g/mol. The summed E-state index contributed by atoms with van der Waals surface area (Å²) in [5, 5.41) is 3.75. The zero-order chi connectivity index (χ0) is 28.1. The van der Waals surface area contributed by atoms with Crippen molar-refractivity contribution in [2.24, 2.45) is 0 Å². The molecule has 0 bridgehead atoms. The molecule has 0 radical (unpaired) electrons. The van der Waals surface area contributed by atoms with Crippen molar-refractivity contribution in [2.45, 2.75) is 19.1 Å². The monoisotopic (exact) mass is 573 g/mol. The van der Waals surface area contributed by atoms with Gasteiger partial charge in [-0.15, -0.1) is 0 Å². The molecule has 0 aliphatic carbocycles. The molecule has 5 aromatic rings. The maximum absolute atomic E-state index is 13.2. The maximum atomic E-state index is 13.2. The molecule has 5 rings (SSSR count). The fourth-order valence-electron chi connectivity index (χ4n) is 4.22. The minimum atomic E-state index is -0.896. The lowest BCUT2D eigenvalue weighted by molar-refractivity contribution is -0.142. The lowest BCUT2D eigenvalue weighted by atomic mass is 10.1. The largest absolute Gasteiger partial charge is 0.489 e. The number of imidazole rings is 1. The van der Waals surface area contributed by atoms with Gasteiger partial charge in [0.25, 0.3) is 5.91 Å². The van der Waals surface area contributed by atoms with E-state index in [1.807, 2.05) is 66.7 Å². The number of amides is 1. The van der Waals surface area contributed by atoms with Crippen LogP contribution < -0.4 is 10.1 Å². The molecule has 7 nitrogen and oxygen atoms in total. The fourth-order valence-corrected chi connectivity index (χ4v) is 4.63. The Hall–Kier alpha value is -4.33. The van der Waals surface area contributed by atoms with E-state index < -0.39 is 17.9 Å². The highest BCUT2D eigenvalue weighted by molar-refractivity contribution is 6.32. The Balaban J connectivity index is 1.29. The van der Waals surface area contributed by atoms with Crippen LogP contribution in [0.1, 0.15) is 21.5 Å². The van der Waals surface area contributed by atoms with E-state index in [9.17, 15) is 9.59 Å². The van der Waals surface area contributed by atoms with E-state index in [4.69, 9.17) is 32.7 Å². The first-order valence-electron chi connectivity index (χ1n) is 12.5. The Morgan fingerprint density at radius 2 is 1.62 bits per heavy atom. The molecule has 202 valence electrons. The minimum absolute atomic E-state index is 0.242. The SMILES string of the molecule is COC(=O)[C@H](Cc1ccc(OCc2ccccc2)cc1)NC(=O)c1ccc2nc(-c3ccc(Cl)cc3)c(Cl)n2c1. The third kappa shape index (κ3) is 6.28. The molecule has 2 heterocycles. The molecule has 0 fully saturated rings. The van der Waals surface area contributed by atoms with Crippen molar-refractivity contribution in [3.8, 4) is 17.0 Å². The van der Waals surface area contributed by atoms with Crippen molar-refractivity contribution in [3.05, 3.63) is 124 Å². The van der Waals surface area contributed by atoms with E-state index in [0.29, 0.717) is 39.4 Å². The van der Waals surface area contributed by atoms with Gasteiger partial charge in [-0.05, 0) is 47.5 Å². The van der Waals surface area contributed by atoms with E-state index in [1.165, 1.54) is 7.11 Å². The third-order valence-corrected chi connectivity index (χ3v) is 6.96. The number of benzene rings is 3. The summed E-state index contributed by atoms with van der Waals surface area (Å²) in [6.07, 6.45) is 1.83. The van der Waals surface area contributed by atoms with Crippen LogP contribution in [-0.2, 0) is 22.6 Å². The van der Waals surface area contributed by atoms with Gasteiger partial charge in [-0.3, -0.25) is 9.20 Å². The zero-order valence-corrected chi connectivity index (χ0v) is 23.0. The van der Waals surface area contributed by atoms with Crippen molar-refractivity contribution >= 4 is 40.7 Å². The molecular formula is C31H25Cl2N3O4. The van der Waals surface area contributed by atoms with E-state index >= 15 is 0 Å². The average molecular weight is 574 g/mol. The number of methoxy groups -OCH3 is 1. The van der Waals surface area contributed by atoms with Gasteiger partial charge in [0.2, 0.25) is 0 Å². The van der Waals surface area contributed by atoms with Crippen molar-refractivity contribution in [1.82, 2.24) is 14.7 Å². The molecule has 3 aromatic carbocycles. The first-order chi connectivity index (χ1) is 19.4. The van der Waals surface area contributed by atoms with Gasteiger partial charge < -0.3 is 14.8 Å². The highest BCUT2D eigenvalue weighted by Crippen LogP contribution is 2.29. The summed E-state index contributed by atoms with van der Waals surface area (Å²) in [6.45, 7) is 0.452. The first kappa shape index (κ1) is 27.2. The van der Waals surface area contributed by atoms with Crippen molar-refractivity contribution in [2.75, 3.05) is 7.11 Å². The Bertz CT molecular complexity index is 1640. The van der Waals surface area contributed by atoms with E-state index in [2.05, 4.69) is 10.3 Å². The molecule has 0 unspecified atom stereocenters. The number of nitrogens with one attached hydrogen (secondary N) is 1. The highest BCUT2D eigenvalue weighted by Gasteiger charge is 2.23. The molecule has 0 spiro atoms. The second-order valence-corrected chi connectivity index (χ2v) is 9.87. The van der Waals surface area contributed by atoms with E-state index in [-0.39, 0.29) is 6.42 Å². The predicted octanol–water partition coefficient (Wildman–Crippen LogP) is 6.40. The minimum Gasteiger partial charge on any atom is -0.489 e. The Labute approximate surface area is 241 Å². The summed E-state index contributed by atoms with van der Waals surface area (Å²) in [7, 11) is 1.29. The van der Waals surface area contributed by atoms with Gasteiger partial charge in [0.05, 0.1) is 12.7 Å². The van der Waals surface area contributed by atoms with Gasteiger partial charge in [-0.1, -0.05) is 77.8 Å². The summed E-state index contributed by atoms with van der Waals surface area (Å²) >= 11 is 12.6. The van der Waals surface area contributed by atoms with Crippen LogP contribution in [0.25, 0.3) is 16.9 Å². The van der Waals surface area contributed by atoms with Gasteiger partial charge >= 0.3 is 5.97 Å². The van der Waals surface area contributed by atoms with Crippen LogP contribution in [0.3, 0.4) is 0 Å². The van der Waals surface area contributed by atoms with Crippen molar-refractivity contribution in [3.63, 3.8) is 0 Å². The topological polar surface area (TPSA) is 81.9 Å². The van der Waals surface area contributed by atoms with Crippen LogP contribution in [0.15, 0.2) is 97.2 Å². The molecule has 40 heavy (non-hydrogen) atoms. The number of nitrogens with zero attached hydrogens (tertiary/aromatic N) is 2. The third-order valence-electron chi connectivity index (χ3n) is 6.34. The number of carbonyl (C=O) groups is 2. The summed E-state index contributed by atoms with van der Waals surface area (Å²) in [5.41, 5.74) is 4.16. The Morgan fingerprint density at radius 1 is 0.900 bits per heavy atom. The summed E-state index contributed by atoms with van der Waals surface area (Å²) in [5.74, 6) is -0.294. The molecule has 2 aromatic heterocycles. The predicted molar refractivity (Wildman–Crippen MR) is 155 cm³/mol. The summed E-state index contributed by atoms with van der Waals surface area (Å²) in [4.78, 5) is 30.3. The summed E-state index contributed by atoms with van der Waals surface area (Å²) < 4.78 is 12.4. The van der Waals surface area contributed by atoms with Crippen molar-refractivity contribution < 1.29 is 19.1 Å². The number of carbonyl (C=O) groups excluding carboxylic acids is 2. The number of esters is 1. The van der Waals surface area contributed by atoms with Gasteiger partial charge in [-0.2, -0.15) is 0 Å². The molecule has 0 aliphatic heterocycles. The molecule has 1 N–H and O–H groups in total. The van der Waals surface area contributed by atoms with Crippen LogP contribution in [0, 0.1) is 0 Å². The standard InChI is InChI=1S/C31H25Cl2N3O4/c1-39-31(38)26(17-20-7-14-25(15-8-20)40-19-21-5-3-2-4-6-21)34-30(37)23-11-16-27-35-28(29(33)36(27)18-23)22-9-12-24(32)13-10-22/h2-16,18,26H,17,19H2,1H3,(H,34,37)/t26-/m0/s1. The fraction of sp³-hybridized carbons (Fsp3) is 0.129. The molecule has 1 amide bonds. The Kier molecular flexibility index (Phi) is 8.34. The normalized spacial score (nSPS) is 11.7. The number of ether oxygens (including phenoxy) is 2. The van der Waals surface area contributed by atoms with Crippen molar-refractivity contribution in [1.29, 1.82) is 0 Å². The second-order valence-electron chi connectivity index (χ2n) is 9.08. The van der Waals surface area contributed by atoms with Crippen LogP contribution in [0.5, 0.6) is 5.75 Å². The van der Waals surface area contributed by atoms with Crippen LogP contribution in [-0.4, -0.2) is 34.4 Å². The van der Waals surface area contributed by atoms with Gasteiger partial charge in [0.1, 0.15) is 34.9 Å². The van der Waals surface area contributed by atoms with Crippen LogP contribution in [0.4, 0.5) is 0 Å². The van der Waals surface area contributed by atoms with Gasteiger partial charge in [0.15, 0.2) is 0 Å². The smallest absolute Gasteiger partial charge is 0.328 e. The quantitative estimate of drug-likeness (QED) is 0.206. The van der Waals surface area contributed by atoms with Gasteiger partial charge in [-0.25, -0.2) is 9.78 Å². The lowest BCUT2D eigenvalue weighted by Gasteiger charge is -2.17. The van der Waals surface area contributed by atoms with E-state index in [0.717, 1.165) is 16.7 Å². The zero-order valence-electron chi connectivity index (χ0n) is 21.5. The van der Waals surface area contributed by atoms with Gasteiger partial charge in [0, 0.05) is 23.2 Å². The number of fused-ring (bicyclic) bond motifs is 1. The number of hydrogen-bond donors (Lipinski definition) is 1. The molecule has 0 saturated heterocycles. The Morgan fingerprint density at radius 3 is 2.33 bits per heavy atom. The van der Waals surface area contributed by atoms with E-state index in [1.54, 1.807) is 34.9 Å². The number of halogens is 2. The average Bonchev–Trinajstić information content (AvgIpc) is 3.32. The van der Waals surface area contributed by atoms with Crippen LogP contribution in [0.2, 0.25) is 10.2 Å². The second kappa shape index (κ2) is 12.2. The number of rotatable bonds is 9. The lowest BCUT2D eigenvalue weighted by Crippen LogP contribution is -2.43.